The molecule has 1 aliphatic rings. The van der Waals surface area contributed by atoms with Crippen LogP contribution in [0.2, 0.25) is 0 Å². The van der Waals surface area contributed by atoms with Gasteiger partial charge in [-0.25, -0.2) is 0 Å². The van der Waals surface area contributed by atoms with Gasteiger partial charge in [-0.05, 0) is 12.5 Å². The summed E-state index contributed by atoms with van der Waals surface area (Å²) < 4.78 is 10.9. The van der Waals surface area contributed by atoms with E-state index in [1.54, 1.807) is 0 Å². The minimum Gasteiger partial charge on any atom is -0.492 e. The molecule has 0 bridgehead atoms. The van der Waals surface area contributed by atoms with Gasteiger partial charge in [0.1, 0.15) is 12.4 Å². The lowest BCUT2D eigenvalue weighted by molar-refractivity contribution is 0.326. The van der Waals surface area contributed by atoms with Crippen LogP contribution in [-0.4, -0.2) is 16.7 Å². The van der Waals surface area contributed by atoms with Crippen molar-refractivity contribution in [2.24, 2.45) is 5.73 Å². The summed E-state index contributed by atoms with van der Waals surface area (Å²) in [6.07, 6.45) is 1.84. The van der Waals surface area contributed by atoms with Gasteiger partial charge in [-0.1, -0.05) is 36.7 Å². The molecule has 0 fully saturated rings. The molecule has 2 aromatic rings. The molecule has 0 aliphatic carbocycles. The molecule has 5 nitrogen and oxygen atoms in total. The van der Waals surface area contributed by atoms with Crippen LogP contribution in [0.3, 0.4) is 0 Å². The summed E-state index contributed by atoms with van der Waals surface area (Å²) in [6, 6.07) is 7.77. The molecule has 1 aromatic heterocycles. The quantitative estimate of drug-likeness (QED) is 0.912. The van der Waals surface area contributed by atoms with Crippen molar-refractivity contribution in [2.75, 3.05) is 6.61 Å². The Hall–Kier alpha value is -1.88. The largest absolute Gasteiger partial charge is 0.492 e. The first kappa shape index (κ1) is 12.2. The fourth-order valence-electron chi connectivity index (χ4n) is 2.35. The van der Waals surface area contributed by atoms with Crippen LogP contribution in [0.4, 0.5) is 0 Å². The second-order valence-electron chi connectivity index (χ2n) is 4.79. The number of rotatable bonds is 4. The van der Waals surface area contributed by atoms with E-state index >= 15 is 0 Å². The highest BCUT2D eigenvalue weighted by Crippen LogP contribution is 2.36. The van der Waals surface area contributed by atoms with Gasteiger partial charge in [0, 0.05) is 5.56 Å². The highest BCUT2D eigenvalue weighted by atomic mass is 16.5. The second kappa shape index (κ2) is 5.01. The van der Waals surface area contributed by atoms with Crippen molar-refractivity contribution in [1.82, 2.24) is 10.1 Å². The maximum Gasteiger partial charge on any atom is 0.243 e. The predicted octanol–water partition coefficient (Wildman–Crippen LogP) is 2.39. The van der Waals surface area contributed by atoms with Gasteiger partial charge >= 0.3 is 0 Å². The molecular formula is C14H17N3O2. The fourth-order valence-corrected chi connectivity index (χ4v) is 2.35. The Morgan fingerprint density at radius 2 is 2.26 bits per heavy atom. The van der Waals surface area contributed by atoms with Crippen LogP contribution in [0, 0.1) is 0 Å². The third kappa shape index (κ3) is 2.21. The Kier molecular flexibility index (Phi) is 3.21. The number of para-hydroxylation sites is 1. The van der Waals surface area contributed by atoms with E-state index in [-0.39, 0.29) is 12.0 Å². The number of ether oxygens (including phenoxy) is 1. The molecular weight excluding hydrogens is 242 g/mol. The molecule has 100 valence electrons. The number of nitrogens with two attached hydrogens (primary N) is 1. The Bertz CT molecular complexity index is 567. The fraction of sp³-hybridized carbons (Fsp3) is 0.429. The Balaban J connectivity index is 1.85. The summed E-state index contributed by atoms with van der Waals surface area (Å²) >= 11 is 0. The number of hydrogen-bond donors (Lipinski definition) is 1. The van der Waals surface area contributed by atoms with Crippen molar-refractivity contribution in [3.8, 4) is 5.75 Å². The first-order valence-corrected chi connectivity index (χ1v) is 6.60. The highest BCUT2D eigenvalue weighted by Gasteiger charge is 2.30. The van der Waals surface area contributed by atoms with Crippen LogP contribution in [0.1, 0.15) is 49.0 Å². The van der Waals surface area contributed by atoms with Crippen LogP contribution in [-0.2, 0) is 0 Å². The highest BCUT2D eigenvalue weighted by molar-refractivity contribution is 5.42. The first-order chi connectivity index (χ1) is 9.29. The van der Waals surface area contributed by atoms with Gasteiger partial charge in [0.15, 0.2) is 5.82 Å². The van der Waals surface area contributed by atoms with Gasteiger partial charge in [0.25, 0.3) is 0 Å². The summed E-state index contributed by atoms with van der Waals surface area (Å²) in [5.74, 6) is 2.12. The molecule has 0 amide bonds. The minimum atomic E-state index is -0.177. The van der Waals surface area contributed by atoms with Crippen molar-refractivity contribution in [3.63, 3.8) is 0 Å². The van der Waals surface area contributed by atoms with Gasteiger partial charge in [0.2, 0.25) is 5.89 Å². The van der Waals surface area contributed by atoms with Crippen LogP contribution < -0.4 is 10.5 Å². The average Bonchev–Trinajstić information content (AvgIpc) is 3.05. The van der Waals surface area contributed by atoms with Gasteiger partial charge in [0.05, 0.1) is 12.0 Å². The summed E-state index contributed by atoms with van der Waals surface area (Å²) in [7, 11) is 0. The van der Waals surface area contributed by atoms with E-state index < -0.39 is 0 Å². The van der Waals surface area contributed by atoms with E-state index in [1.165, 1.54) is 0 Å². The standard InChI is InChI=1S/C14H17N3O2/c1-2-5-11(15)14-16-13(17-19-14)10-8-18-12-7-4-3-6-9(10)12/h3-4,6-7,10-11H,2,5,8,15H2,1H3/t10?,11-/m0/s1. The maximum atomic E-state index is 5.98. The smallest absolute Gasteiger partial charge is 0.243 e. The Morgan fingerprint density at radius 3 is 3.11 bits per heavy atom. The maximum absolute atomic E-state index is 5.98. The molecule has 0 radical (unpaired) electrons. The molecule has 0 spiro atoms. The van der Waals surface area contributed by atoms with Crippen molar-refractivity contribution >= 4 is 0 Å². The molecule has 2 N–H and O–H groups in total. The molecule has 2 atom stereocenters. The molecule has 2 heterocycles. The van der Waals surface area contributed by atoms with Crippen molar-refractivity contribution in [1.29, 1.82) is 0 Å². The first-order valence-electron chi connectivity index (χ1n) is 6.60. The van der Waals surface area contributed by atoms with Gasteiger partial charge in [-0.3, -0.25) is 0 Å². The second-order valence-corrected chi connectivity index (χ2v) is 4.79. The predicted molar refractivity (Wildman–Crippen MR) is 69.9 cm³/mol. The molecule has 0 saturated carbocycles. The molecule has 0 saturated heterocycles. The van der Waals surface area contributed by atoms with E-state index in [0.29, 0.717) is 18.3 Å². The van der Waals surface area contributed by atoms with E-state index in [4.69, 9.17) is 15.0 Å². The lowest BCUT2D eigenvalue weighted by Gasteiger charge is -2.03. The van der Waals surface area contributed by atoms with Crippen molar-refractivity contribution in [2.45, 2.75) is 31.7 Å². The van der Waals surface area contributed by atoms with Crippen molar-refractivity contribution < 1.29 is 9.26 Å². The lowest BCUT2D eigenvalue weighted by Crippen LogP contribution is -2.11. The van der Waals surface area contributed by atoms with Crippen molar-refractivity contribution in [3.05, 3.63) is 41.5 Å². The molecule has 1 unspecified atom stereocenters. The summed E-state index contributed by atoms with van der Waals surface area (Å²) in [4.78, 5) is 4.43. The molecule has 1 aromatic carbocycles. The molecule has 5 heteroatoms. The Morgan fingerprint density at radius 1 is 1.42 bits per heavy atom. The van der Waals surface area contributed by atoms with Crippen LogP contribution in [0.15, 0.2) is 28.8 Å². The topological polar surface area (TPSA) is 74.2 Å². The zero-order chi connectivity index (χ0) is 13.2. The summed E-state index contributed by atoms with van der Waals surface area (Å²) in [6.45, 7) is 2.64. The van der Waals surface area contributed by atoms with E-state index in [1.807, 2.05) is 24.3 Å². The number of nitrogens with zero attached hydrogens (tertiary/aromatic N) is 2. The lowest BCUT2D eigenvalue weighted by atomic mass is 10.0. The summed E-state index contributed by atoms with van der Waals surface area (Å²) in [5, 5.41) is 4.05. The molecule has 1 aliphatic heterocycles. The monoisotopic (exact) mass is 259 g/mol. The normalized spacial score (nSPS) is 18.9. The minimum absolute atomic E-state index is 0.0440. The zero-order valence-electron chi connectivity index (χ0n) is 10.9. The average molecular weight is 259 g/mol. The number of hydrogen-bond acceptors (Lipinski definition) is 5. The number of fused-ring (bicyclic) bond motifs is 1. The van der Waals surface area contributed by atoms with E-state index in [2.05, 4.69) is 17.1 Å². The van der Waals surface area contributed by atoms with E-state index in [0.717, 1.165) is 24.2 Å². The van der Waals surface area contributed by atoms with Crippen LogP contribution >= 0.6 is 0 Å². The van der Waals surface area contributed by atoms with E-state index in [9.17, 15) is 0 Å². The number of aromatic nitrogens is 2. The van der Waals surface area contributed by atoms with Gasteiger partial charge in [-0.2, -0.15) is 4.98 Å². The zero-order valence-corrected chi connectivity index (χ0v) is 10.9. The van der Waals surface area contributed by atoms with Gasteiger partial charge < -0.3 is 15.0 Å². The third-order valence-corrected chi connectivity index (χ3v) is 3.39. The number of benzene rings is 1. The third-order valence-electron chi connectivity index (χ3n) is 3.39. The summed E-state index contributed by atoms with van der Waals surface area (Å²) in [5.41, 5.74) is 7.09. The van der Waals surface area contributed by atoms with Crippen LogP contribution in [0.5, 0.6) is 5.75 Å². The Labute approximate surface area is 111 Å². The van der Waals surface area contributed by atoms with Gasteiger partial charge in [-0.15, -0.1) is 0 Å². The molecule has 3 rings (SSSR count). The SMILES string of the molecule is CCC[C@H](N)c1nc(C2COc3ccccc32)no1. The van der Waals surface area contributed by atoms with Crippen LogP contribution in [0.25, 0.3) is 0 Å². The molecule has 19 heavy (non-hydrogen) atoms.